The van der Waals surface area contributed by atoms with Gasteiger partial charge < -0.3 is 15.0 Å². The number of carbonyl (C=O) groups excluding carboxylic acids is 3. The van der Waals surface area contributed by atoms with E-state index in [1.54, 1.807) is 34.1 Å². The van der Waals surface area contributed by atoms with Gasteiger partial charge in [0.05, 0.1) is 6.61 Å². The third kappa shape index (κ3) is 4.82. The first-order valence-electron chi connectivity index (χ1n) is 11.7. The smallest absolute Gasteiger partial charge is 0.256 e. The van der Waals surface area contributed by atoms with Crippen LogP contribution >= 0.6 is 0 Å². The minimum atomic E-state index is -0.966. The van der Waals surface area contributed by atoms with Gasteiger partial charge in [-0.3, -0.25) is 19.3 Å². The lowest BCUT2D eigenvalue weighted by atomic mass is 9.96. The highest BCUT2D eigenvalue weighted by Gasteiger charge is 2.54. The van der Waals surface area contributed by atoms with Crippen LogP contribution in [0.1, 0.15) is 47.4 Å². The minimum Gasteiger partial charge on any atom is -0.354 e. The molecule has 8 heteroatoms. The molecule has 3 amide bonds. The van der Waals surface area contributed by atoms with E-state index in [1.807, 2.05) is 19.9 Å². The van der Waals surface area contributed by atoms with Crippen LogP contribution < -0.4 is 5.32 Å². The number of nitrogens with zero attached hydrogens (tertiary/aromatic N) is 2. The summed E-state index contributed by atoms with van der Waals surface area (Å²) in [6.45, 7) is 5.34. The molecule has 2 fully saturated rings. The van der Waals surface area contributed by atoms with E-state index in [4.69, 9.17) is 4.74 Å². The molecule has 0 aliphatic carbocycles. The number of hydrogen-bond donors (Lipinski definition) is 1. The number of carbonyl (C=O) groups is 3. The quantitative estimate of drug-likeness (QED) is 0.733. The Morgan fingerprint density at radius 1 is 1.00 bits per heavy atom. The van der Waals surface area contributed by atoms with Crippen molar-refractivity contribution in [2.75, 3.05) is 26.2 Å². The van der Waals surface area contributed by atoms with Gasteiger partial charge in [0.15, 0.2) is 0 Å². The molecule has 0 aromatic heterocycles. The normalized spacial score (nSPS) is 19.5. The summed E-state index contributed by atoms with van der Waals surface area (Å²) in [6.07, 6.45) is 0.763. The predicted octanol–water partition coefficient (Wildman–Crippen LogP) is 3.07. The van der Waals surface area contributed by atoms with Crippen LogP contribution in [-0.2, 0) is 9.53 Å². The highest BCUT2D eigenvalue weighted by molar-refractivity contribution is 5.98. The molecule has 2 aliphatic heterocycles. The van der Waals surface area contributed by atoms with E-state index in [-0.39, 0.29) is 30.2 Å². The monoisotopic (exact) mass is 467 g/mol. The lowest BCUT2D eigenvalue weighted by molar-refractivity contribution is -0.128. The van der Waals surface area contributed by atoms with Crippen molar-refractivity contribution in [1.82, 2.24) is 15.1 Å². The molecule has 1 N–H and O–H groups in total. The Morgan fingerprint density at radius 2 is 1.62 bits per heavy atom. The molecule has 1 unspecified atom stereocenters. The van der Waals surface area contributed by atoms with Gasteiger partial charge in [0.2, 0.25) is 5.91 Å². The third-order valence-corrected chi connectivity index (χ3v) is 6.41. The van der Waals surface area contributed by atoms with Gasteiger partial charge in [0.25, 0.3) is 11.8 Å². The molecule has 7 nitrogen and oxygen atoms in total. The fourth-order valence-corrected chi connectivity index (χ4v) is 4.54. The molecule has 0 bridgehead atoms. The van der Waals surface area contributed by atoms with Crippen molar-refractivity contribution in [1.29, 1.82) is 0 Å². The van der Waals surface area contributed by atoms with Crippen LogP contribution in [0, 0.1) is 11.7 Å². The van der Waals surface area contributed by atoms with E-state index >= 15 is 0 Å². The first-order chi connectivity index (χ1) is 16.3. The Labute approximate surface area is 198 Å². The van der Waals surface area contributed by atoms with Gasteiger partial charge in [-0.15, -0.1) is 0 Å². The number of ether oxygens (including phenoxy) is 1. The number of amides is 3. The highest BCUT2D eigenvalue weighted by Crippen LogP contribution is 2.38. The van der Waals surface area contributed by atoms with Crippen LogP contribution in [0.4, 0.5) is 4.39 Å². The number of benzene rings is 2. The topological polar surface area (TPSA) is 79.0 Å². The van der Waals surface area contributed by atoms with Crippen molar-refractivity contribution in [3.63, 3.8) is 0 Å². The first-order valence-corrected chi connectivity index (χ1v) is 11.7. The SMILES string of the molecule is CC(C)CNC(=O)C1COC2(CCN(C(=O)c3ccc(F)cc3)CC2)N1C(=O)c1ccccc1. The lowest BCUT2D eigenvalue weighted by Gasteiger charge is -2.44. The van der Waals surface area contributed by atoms with Crippen molar-refractivity contribution < 1.29 is 23.5 Å². The van der Waals surface area contributed by atoms with Crippen molar-refractivity contribution >= 4 is 17.7 Å². The summed E-state index contributed by atoms with van der Waals surface area (Å²) < 4.78 is 19.4. The number of rotatable bonds is 5. The zero-order valence-electron chi connectivity index (χ0n) is 19.5. The Bertz CT molecular complexity index is 1030. The molecule has 2 heterocycles. The Balaban J connectivity index is 1.54. The van der Waals surface area contributed by atoms with Crippen LogP contribution in [0.25, 0.3) is 0 Å². The van der Waals surface area contributed by atoms with Crippen LogP contribution in [0.15, 0.2) is 54.6 Å². The van der Waals surface area contributed by atoms with Crippen LogP contribution in [0.3, 0.4) is 0 Å². The summed E-state index contributed by atoms with van der Waals surface area (Å²) in [5.41, 5.74) is -0.0708. The number of piperidine rings is 1. The fraction of sp³-hybridized carbons (Fsp3) is 0.423. The van der Waals surface area contributed by atoms with E-state index in [0.29, 0.717) is 43.6 Å². The minimum absolute atomic E-state index is 0.106. The van der Waals surface area contributed by atoms with Gasteiger partial charge in [-0.1, -0.05) is 32.0 Å². The van der Waals surface area contributed by atoms with Gasteiger partial charge in [0, 0.05) is 43.6 Å². The van der Waals surface area contributed by atoms with E-state index in [9.17, 15) is 18.8 Å². The summed E-state index contributed by atoms with van der Waals surface area (Å²) in [4.78, 5) is 42.8. The molecule has 0 saturated carbocycles. The number of nitrogens with one attached hydrogen (secondary N) is 1. The molecule has 0 radical (unpaired) electrons. The molecule has 2 aliphatic rings. The van der Waals surface area contributed by atoms with Crippen LogP contribution in [0.5, 0.6) is 0 Å². The van der Waals surface area contributed by atoms with Gasteiger partial charge in [-0.25, -0.2) is 4.39 Å². The molecular formula is C26H30FN3O4. The summed E-state index contributed by atoms with van der Waals surface area (Å²) >= 11 is 0. The van der Waals surface area contributed by atoms with Gasteiger partial charge in [0.1, 0.15) is 17.6 Å². The second-order valence-corrected chi connectivity index (χ2v) is 9.25. The van der Waals surface area contributed by atoms with Crippen molar-refractivity contribution in [3.8, 4) is 0 Å². The molecule has 1 spiro atoms. The van der Waals surface area contributed by atoms with E-state index < -0.39 is 17.6 Å². The van der Waals surface area contributed by atoms with Crippen molar-refractivity contribution in [2.24, 2.45) is 5.92 Å². The average molecular weight is 468 g/mol. The number of hydrogen-bond acceptors (Lipinski definition) is 4. The van der Waals surface area contributed by atoms with Crippen LogP contribution in [0.2, 0.25) is 0 Å². The van der Waals surface area contributed by atoms with Gasteiger partial charge in [-0.2, -0.15) is 0 Å². The molecule has 2 aromatic carbocycles. The molecule has 1 atom stereocenters. The molecule has 2 aromatic rings. The average Bonchev–Trinajstić information content (AvgIpc) is 3.21. The van der Waals surface area contributed by atoms with E-state index in [2.05, 4.69) is 5.32 Å². The molecule has 4 rings (SSSR count). The molecule has 2 saturated heterocycles. The van der Waals surface area contributed by atoms with Crippen LogP contribution in [-0.4, -0.2) is 65.5 Å². The maximum atomic E-state index is 13.6. The maximum absolute atomic E-state index is 13.6. The largest absolute Gasteiger partial charge is 0.354 e. The van der Waals surface area contributed by atoms with Gasteiger partial charge >= 0.3 is 0 Å². The fourth-order valence-electron chi connectivity index (χ4n) is 4.54. The Morgan fingerprint density at radius 3 is 2.24 bits per heavy atom. The van der Waals surface area contributed by atoms with Crippen molar-refractivity contribution in [2.45, 2.75) is 38.5 Å². The molecular weight excluding hydrogens is 437 g/mol. The molecule has 180 valence electrons. The number of halogens is 1. The second kappa shape index (κ2) is 9.93. The second-order valence-electron chi connectivity index (χ2n) is 9.25. The zero-order valence-corrected chi connectivity index (χ0v) is 19.5. The lowest BCUT2D eigenvalue weighted by Crippen LogP contribution is -2.60. The Hall–Kier alpha value is -3.26. The summed E-state index contributed by atoms with van der Waals surface area (Å²) in [6, 6.07) is 13.6. The maximum Gasteiger partial charge on any atom is 0.256 e. The highest BCUT2D eigenvalue weighted by atomic mass is 19.1. The number of likely N-dealkylation sites (tertiary alicyclic amines) is 1. The summed E-state index contributed by atoms with van der Waals surface area (Å²) in [7, 11) is 0. The zero-order chi connectivity index (χ0) is 24.3. The van der Waals surface area contributed by atoms with Crippen molar-refractivity contribution in [3.05, 3.63) is 71.5 Å². The first kappa shape index (κ1) is 23.9. The molecule has 34 heavy (non-hydrogen) atoms. The summed E-state index contributed by atoms with van der Waals surface area (Å²) in [5.74, 6) is -0.814. The predicted molar refractivity (Wildman–Crippen MR) is 124 cm³/mol. The standard InChI is InChI=1S/C26H30FN3O4/c1-18(2)16-28-23(31)22-17-34-26(30(22)25(33)19-6-4-3-5-7-19)12-14-29(15-13-26)24(32)20-8-10-21(27)11-9-20/h3-11,18,22H,12-17H2,1-2H3,(H,28,31). The Kier molecular flexibility index (Phi) is 6.97. The van der Waals surface area contributed by atoms with E-state index in [1.165, 1.54) is 24.3 Å². The van der Waals surface area contributed by atoms with E-state index in [0.717, 1.165) is 0 Å². The summed E-state index contributed by atoms with van der Waals surface area (Å²) in [5, 5.41) is 2.93. The van der Waals surface area contributed by atoms with Gasteiger partial charge in [-0.05, 0) is 42.3 Å². The third-order valence-electron chi connectivity index (χ3n) is 6.41.